The quantitative estimate of drug-likeness (QED) is 0.818. The number of piperidine rings is 1. The summed E-state index contributed by atoms with van der Waals surface area (Å²) in [4.78, 5) is 23.6. The van der Waals surface area contributed by atoms with Crippen LogP contribution >= 0.6 is 0 Å². The third-order valence-electron chi connectivity index (χ3n) is 4.72. The molecule has 0 radical (unpaired) electrons. The van der Waals surface area contributed by atoms with Gasteiger partial charge in [-0.1, -0.05) is 6.92 Å². The van der Waals surface area contributed by atoms with Crippen LogP contribution in [0.2, 0.25) is 0 Å². The standard InChI is InChI=1S/C21H28N4O2/c1-4-17-7-5-6-14-25(17)20(26)19-12-13-22-21(24-19)23-16-8-10-18(11-9-16)27-15(2)3/h8-13,15,17H,4-7,14H2,1-3H3,(H,22,23,24). The average Bonchev–Trinajstić information content (AvgIpc) is 2.69. The maximum absolute atomic E-state index is 12.9. The van der Waals surface area contributed by atoms with Crippen molar-refractivity contribution < 1.29 is 9.53 Å². The molecule has 1 atom stereocenters. The SMILES string of the molecule is CCC1CCCCN1C(=O)c1ccnc(Nc2ccc(OC(C)C)cc2)n1. The van der Waals surface area contributed by atoms with Gasteiger partial charge in [-0.05, 0) is 69.9 Å². The Morgan fingerprint density at radius 2 is 2.04 bits per heavy atom. The first-order chi connectivity index (χ1) is 13.1. The molecule has 0 aliphatic carbocycles. The largest absolute Gasteiger partial charge is 0.491 e. The van der Waals surface area contributed by atoms with Gasteiger partial charge in [-0.2, -0.15) is 0 Å². The van der Waals surface area contributed by atoms with E-state index in [0.29, 0.717) is 17.7 Å². The fourth-order valence-corrected chi connectivity index (χ4v) is 3.40. The molecule has 3 rings (SSSR count). The highest BCUT2D eigenvalue weighted by atomic mass is 16.5. The zero-order valence-electron chi connectivity index (χ0n) is 16.3. The van der Waals surface area contributed by atoms with E-state index in [1.165, 1.54) is 6.42 Å². The van der Waals surface area contributed by atoms with Crippen LogP contribution in [0, 0.1) is 0 Å². The molecule has 1 amide bonds. The van der Waals surface area contributed by atoms with E-state index in [-0.39, 0.29) is 12.0 Å². The van der Waals surface area contributed by atoms with Crippen LogP contribution in [0.1, 0.15) is 56.9 Å². The predicted molar refractivity (Wildman–Crippen MR) is 106 cm³/mol. The van der Waals surface area contributed by atoms with Gasteiger partial charge in [-0.25, -0.2) is 9.97 Å². The molecule has 0 saturated carbocycles. The number of carbonyl (C=O) groups is 1. The summed E-state index contributed by atoms with van der Waals surface area (Å²) in [6.07, 6.45) is 6.06. The number of nitrogens with one attached hydrogen (secondary N) is 1. The Bertz CT molecular complexity index is 761. The van der Waals surface area contributed by atoms with Gasteiger partial charge in [-0.15, -0.1) is 0 Å². The number of amides is 1. The minimum atomic E-state index is -0.00678. The number of likely N-dealkylation sites (tertiary alicyclic amines) is 1. The predicted octanol–water partition coefficient (Wildman–Crippen LogP) is 4.41. The molecule has 1 unspecified atom stereocenters. The van der Waals surface area contributed by atoms with E-state index in [9.17, 15) is 4.79 Å². The lowest BCUT2D eigenvalue weighted by Crippen LogP contribution is -2.43. The molecular weight excluding hydrogens is 340 g/mol. The number of aromatic nitrogens is 2. The van der Waals surface area contributed by atoms with Gasteiger partial charge in [0.15, 0.2) is 0 Å². The van der Waals surface area contributed by atoms with Gasteiger partial charge in [0.05, 0.1) is 6.10 Å². The molecule has 2 aromatic rings. The van der Waals surface area contributed by atoms with Crippen LogP contribution in [0.15, 0.2) is 36.5 Å². The summed E-state index contributed by atoms with van der Waals surface area (Å²) in [7, 11) is 0. The number of benzene rings is 1. The second-order valence-corrected chi connectivity index (χ2v) is 7.14. The highest BCUT2D eigenvalue weighted by molar-refractivity contribution is 5.92. The van der Waals surface area contributed by atoms with E-state index in [2.05, 4.69) is 22.2 Å². The summed E-state index contributed by atoms with van der Waals surface area (Å²) in [5.74, 6) is 1.23. The van der Waals surface area contributed by atoms with Gasteiger partial charge in [0, 0.05) is 24.5 Å². The number of rotatable bonds is 6. The van der Waals surface area contributed by atoms with Gasteiger partial charge in [-0.3, -0.25) is 4.79 Å². The van der Waals surface area contributed by atoms with Crippen LogP contribution in [0.25, 0.3) is 0 Å². The van der Waals surface area contributed by atoms with Crippen LogP contribution in [-0.2, 0) is 0 Å². The number of anilines is 2. The van der Waals surface area contributed by atoms with Crippen molar-refractivity contribution in [2.75, 3.05) is 11.9 Å². The normalized spacial score (nSPS) is 17.0. The van der Waals surface area contributed by atoms with Gasteiger partial charge in [0.25, 0.3) is 5.91 Å². The molecule has 6 nitrogen and oxygen atoms in total. The zero-order chi connectivity index (χ0) is 19.2. The van der Waals surface area contributed by atoms with Crippen LogP contribution in [0.3, 0.4) is 0 Å². The molecule has 1 fully saturated rings. The zero-order valence-corrected chi connectivity index (χ0v) is 16.3. The summed E-state index contributed by atoms with van der Waals surface area (Å²) in [6.45, 7) is 6.93. The van der Waals surface area contributed by atoms with E-state index < -0.39 is 0 Å². The van der Waals surface area contributed by atoms with Crippen LogP contribution < -0.4 is 10.1 Å². The maximum Gasteiger partial charge on any atom is 0.272 e. The Kier molecular flexibility index (Phi) is 6.27. The summed E-state index contributed by atoms with van der Waals surface area (Å²) in [6, 6.07) is 9.62. The highest BCUT2D eigenvalue weighted by Crippen LogP contribution is 2.22. The first-order valence-corrected chi connectivity index (χ1v) is 9.74. The molecule has 1 aromatic heterocycles. The molecule has 0 spiro atoms. The molecule has 1 N–H and O–H groups in total. The second-order valence-electron chi connectivity index (χ2n) is 7.14. The Morgan fingerprint density at radius 1 is 1.26 bits per heavy atom. The topological polar surface area (TPSA) is 67.4 Å². The molecule has 2 heterocycles. The first kappa shape index (κ1) is 19.1. The Labute approximate surface area is 161 Å². The van der Waals surface area contributed by atoms with Crippen molar-refractivity contribution in [3.63, 3.8) is 0 Å². The molecule has 144 valence electrons. The summed E-state index contributed by atoms with van der Waals surface area (Å²) in [5.41, 5.74) is 1.28. The van der Waals surface area contributed by atoms with Crippen LogP contribution in [0.4, 0.5) is 11.6 Å². The van der Waals surface area contributed by atoms with E-state index in [4.69, 9.17) is 4.74 Å². The number of nitrogens with zero attached hydrogens (tertiary/aromatic N) is 3. The van der Waals surface area contributed by atoms with Crippen molar-refractivity contribution >= 4 is 17.5 Å². The third-order valence-corrected chi connectivity index (χ3v) is 4.72. The molecule has 0 bridgehead atoms. The monoisotopic (exact) mass is 368 g/mol. The minimum Gasteiger partial charge on any atom is -0.491 e. The van der Waals surface area contributed by atoms with E-state index in [1.54, 1.807) is 12.3 Å². The van der Waals surface area contributed by atoms with E-state index in [0.717, 1.165) is 37.2 Å². The maximum atomic E-state index is 12.9. The summed E-state index contributed by atoms with van der Waals surface area (Å²) >= 11 is 0. The number of hydrogen-bond donors (Lipinski definition) is 1. The number of ether oxygens (including phenoxy) is 1. The average molecular weight is 368 g/mol. The molecule has 27 heavy (non-hydrogen) atoms. The number of hydrogen-bond acceptors (Lipinski definition) is 5. The van der Waals surface area contributed by atoms with Crippen molar-refractivity contribution in [2.45, 2.75) is 58.6 Å². The highest BCUT2D eigenvalue weighted by Gasteiger charge is 2.27. The fraction of sp³-hybridized carbons (Fsp3) is 0.476. The summed E-state index contributed by atoms with van der Waals surface area (Å²) < 4.78 is 5.65. The molecule has 6 heteroatoms. The van der Waals surface area contributed by atoms with E-state index >= 15 is 0 Å². The molecule has 1 aromatic carbocycles. The van der Waals surface area contributed by atoms with Gasteiger partial charge >= 0.3 is 0 Å². The van der Waals surface area contributed by atoms with Crippen molar-refractivity contribution in [3.8, 4) is 5.75 Å². The van der Waals surface area contributed by atoms with Gasteiger partial charge < -0.3 is 15.0 Å². The lowest BCUT2D eigenvalue weighted by molar-refractivity contribution is 0.0602. The third kappa shape index (κ3) is 4.96. The lowest BCUT2D eigenvalue weighted by Gasteiger charge is -2.35. The fourth-order valence-electron chi connectivity index (χ4n) is 3.40. The van der Waals surface area contributed by atoms with Crippen molar-refractivity contribution in [3.05, 3.63) is 42.2 Å². The van der Waals surface area contributed by atoms with Crippen LogP contribution in [0.5, 0.6) is 5.75 Å². The molecule has 1 saturated heterocycles. The second kappa shape index (κ2) is 8.84. The molecule has 1 aliphatic rings. The van der Waals surface area contributed by atoms with Crippen molar-refractivity contribution in [2.24, 2.45) is 0 Å². The number of carbonyl (C=O) groups excluding carboxylic acids is 1. The Balaban J connectivity index is 1.70. The van der Waals surface area contributed by atoms with Gasteiger partial charge in [0.2, 0.25) is 5.95 Å². The summed E-state index contributed by atoms with van der Waals surface area (Å²) in [5, 5.41) is 3.16. The van der Waals surface area contributed by atoms with Crippen LogP contribution in [-0.4, -0.2) is 39.5 Å². The first-order valence-electron chi connectivity index (χ1n) is 9.74. The Morgan fingerprint density at radius 3 is 2.74 bits per heavy atom. The molecular formula is C21H28N4O2. The van der Waals surface area contributed by atoms with Crippen molar-refractivity contribution in [1.82, 2.24) is 14.9 Å². The van der Waals surface area contributed by atoms with Gasteiger partial charge in [0.1, 0.15) is 11.4 Å². The van der Waals surface area contributed by atoms with E-state index in [1.807, 2.05) is 43.0 Å². The van der Waals surface area contributed by atoms with Crippen molar-refractivity contribution in [1.29, 1.82) is 0 Å². The Hall–Kier alpha value is -2.63. The molecule has 1 aliphatic heterocycles. The smallest absolute Gasteiger partial charge is 0.272 e. The lowest BCUT2D eigenvalue weighted by atomic mass is 9.99. The minimum absolute atomic E-state index is 0.00678.